The Balaban J connectivity index is 1.82. The zero-order chi connectivity index (χ0) is 14.8. The van der Waals surface area contributed by atoms with Crippen LogP contribution in [0.15, 0.2) is 69.8 Å². The maximum atomic E-state index is 4.61. The van der Waals surface area contributed by atoms with E-state index in [1.165, 1.54) is 20.2 Å². The molecule has 2 nitrogen and oxygen atoms in total. The van der Waals surface area contributed by atoms with Crippen LogP contribution in [0, 0.1) is 0 Å². The molecule has 3 aromatic rings. The summed E-state index contributed by atoms with van der Waals surface area (Å²) in [7, 11) is 0. The van der Waals surface area contributed by atoms with Crippen LogP contribution in [-0.2, 0) is 0 Å². The van der Waals surface area contributed by atoms with Gasteiger partial charge >= 0.3 is 0 Å². The number of nitrogens with zero attached hydrogens (tertiary/aromatic N) is 1. The molecule has 3 aromatic heterocycles. The van der Waals surface area contributed by atoms with E-state index in [1.54, 1.807) is 34.0 Å². The third-order valence-corrected chi connectivity index (χ3v) is 5.97. The van der Waals surface area contributed by atoms with E-state index in [2.05, 4.69) is 75.2 Å². The van der Waals surface area contributed by atoms with E-state index in [4.69, 9.17) is 0 Å². The van der Waals surface area contributed by atoms with Gasteiger partial charge in [0.05, 0.1) is 15.5 Å². The largest absolute Gasteiger partial charge is 0.276 e. The second-order valence-corrected chi connectivity index (χ2v) is 7.54. The Bertz CT molecular complexity index is 836. The first-order chi connectivity index (χ1) is 10.9. The average Bonchev–Trinajstić information content (AvgIpc) is 3.28. The Morgan fingerprint density at radius 3 is 2.00 bits per heavy atom. The number of nitrogens with one attached hydrogen (secondary N) is 1. The topological polar surface area (TPSA) is 24.4 Å². The molecule has 1 aliphatic rings. The molecule has 0 saturated heterocycles. The summed E-state index contributed by atoms with van der Waals surface area (Å²) in [5, 5.41) is 10.9. The molecular weight excluding hydrogens is 328 g/mol. The molecule has 0 fully saturated rings. The molecule has 108 valence electrons. The molecule has 22 heavy (non-hydrogen) atoms. The van der Waals surface area contributed by atoms with Crippen molar-refractivity contribution in [1.82, 2.24) is 5.43 Å². The van der Waals surface area contributed by atoms with Gasteiger partial charge in [-0.3, -0.25) is 5.43 Å². The first-order valence-electron chi connectivity index (χ1n) is 6.79. The van der Waals surface area contributed by atoms with Crippen molar-refractivity contribution in [2.45, 2.75) is 0 Å². The molecule has 0 unspecified atom stereocenters. The fraction of sp³-hybridized carbons (Fsp3) is 0. The van der Waals surface area contributed by atoms with Gasteiger partial charge in [0.15, 0.2) is 0 Å². The number of allylic oxidation sites excluding steroid dienone is 3. The normalized spacial score (nSPS) is 14.6. The first-order valence-corrected chi connectivity index (χ1v) is 9.43. The minimum Gasteiger partial charge on any atom is -0.276 e. The lowest BCUT2D eigenvalue weighted by atomic mass is 10.1. The number of hydrogen-bond donors (Lipinski definition) is 1. The molecule has 0 bridgehead atoms. The van der Waals surface area contributed by atoms with Crippen LogP contribution in [0.2, 0.25) is 0 Å². The minimum atomic E-state index is 0.973. The van der Waals surface area contributed by atoms with E-state index >= 15 is 0 Å². The first kappa shape index (κ1) is 13.7. The Morgan fingerprint density at radius 2 is 1.36 bits per heavy atom. The van der Waals surface area contributed by atoms with Gasteiger partial charge in [-0.25, -0.2) is 0 Å². The molecule has 0 amide bonds. The van der Waals surface area contributed by atoms with E-state index in [9.17, 15) is 0 Å². The number of hydrogen-bond acceptors (Lipinski definition) is 5. The molecule has 4 rings (SSSR count). The summed E-state index contributed by atoms with van der Waals surface area (Å²) in [4.78, 5) is 3.61. The molecule has 0 atom stereocenters. The lowest BCUT2D eigenvalue weighted by Gasteiger charge is -2.03. The van der Waals surface area contributed by atoms with Gasteiger partial charge < -0.3 is 0 Å². The van der Waals surface area contributed by atoms with Crippen LogP contribution < -0.4 is 5.43 Å². The van der Waals surface area contributed by atoms with Gasteiger partial charge in [0.1, 0.15) is 5.71 Å². The standard InChI is InChI=1S/C17H12N2S3/c1-4-15(20-7-1)12-10-13(16-5-2-8-21-16)18-19-14(11-12)17-6-3-9-22-17/h1-11,18H. The van der Waals surface area contributed by atoms with Crippen molar-refractivity contribution in [3.05, 3.63) is 79.3 Å². The van der Waals surface area contributed by atoms with Gasteiger partial charge in [-0.1, -0.05) is 18.2 Å². The average molecular weight is 340 g/mol. The maximum absolute atomic E-state index is 4.61. The van der Waals surface area contributed by atoms with E-state index < -0.39 is 0 Å². The van der Waals surface area contributed by atoms with Crippen LogP contribution in [0.5, 0.6) is 0 Å². The van der Waals surface area contributed by atoms with Crippen molar-refractivity contribution in [2.24, 2.45) is 5.10 Å². The van der Waals surface area contributed by atoms with Crippen molar-refractivity contribution < 1.29 is 0 Å². The monoisotopic (exact) mass is 340 g/mol. The fourth-order valence-corrected chi connectivity index (χ4v) is 4.32. The maximum Gasteiger partial charge on any atom is 0.101 e. The van der Waals surface area contributed by atoms with Gasteiger partial charge in [0, 0.05) is 4.88 Å². The van der Waals surface area contributed by atoms with Gasteiger partial charge in [-0.05, 0) is 52.1 Å². The van der Waals surface area contributed by atoms with Crippen LogP contribution in [0.25, 0.3) is 11.3 Å². The lowest BCUT2D eigenvalue weighted by molar-refractivity contribution is 1.00. The molecule has 5 heteroatoms. The number of hydrazone groups is 1. The lowest BCUT2D eigenvalue weighted by Crippen LogP contribution is -2.05. The number of thiophene rings is 3. The van der Waals surface area contributed by atoms with E-state index in [-0.39, 0.29) is 0 Å². The Kier molecular flexibility index (Phi) is 3.76. The summed E-state index contributed by atoms with van der Waals surface area (Å²) >= 11 is 5.17. The van der Waals surface area contributed by atoms with Crippen LogP contribution in [0.4, 0.5) is 0 Å². The Morgan fingerprint density at radius 1 is 0.727 bits per heavy atom. The SMILES string of the molecule is C1=C(c2cccs2)C=C(c2cccs2)NN=C1c1cccs1. The van der Waals surface area contributed by atoms with Crippen molar-refractivity contribution in [3.63, 3.8) is 0 Å². The molecule has 0 spiro atoms. The molecule has 0 saturated carbocycles. The summed E-state index contributed by atoms with van der Waals surface area (Å²) in [5.41, 5.74) is 6.44. The van der Waals surface area contributed by atoms with Crippen LogP contribution in [0.1, 0.15) is 14.6 Å². The van der Waals surface area contributed by atoms with Crippen LogP contribution >= 0.6 is 34.0 Å². The van der Waals surface area contributed by atoms with E-state index in [0.29, 0.717) is 0 Å². The van der Waals surface area contributed by atoms with E-state index in [0.717, 1.165) is 11.4 Å². The molecule has 1 aliphatic heterocycles. The predicted octanol–water partition coefficient (Wildman–Crippen LogP) is 5.30. The molecular formula is C17H12N2S3. The zero-order valence-corrected chi connectivity index (χ0v) is 14.0. The predicted molar refractivity (Wildman–Crippen MR) is 98.6 cm³/mol. The third-order valence-electron chi connectivity index (χ3n) is 3.25. The van der Waals surface area contributed by atoms with Gasteiger partial charge in [-0.2, -0.15) is 5.10 Å². The van der Waals surface area contributed by atoms with Gasteiger partial charge in [0.2, 0.25) is 0 Å². The highest BCUT2D eigenvalue weighted by atomic mass is 32.1. The highest BCUT2D eigenvalue weighted by Crippen LogP contribution is 2.29. The quantitative estimate of drug-likeness (QED) is 0.687. The molecule has 0 radical (unpaired) electrons. The summed E-state index contributed by atoms with van der Waals surface area (Å²) < 4.78 is 0. The second kappa shape index (κ2) is 6.04. The molecule has 0 aromatic carbocycles. The number of rotatable bonds is 3. The third kappa shape index (κ3) is 2.70. The van der Waals surface area contributed by atoms with Gasteiger partial charge in [-0.15, -0.1) is 34.0 Å². The summed E-state index contributed by atoms with van der Waals surface area (Å²) in [5.74, 6) is 0. The second-order valence-electron chi connectivity index (χ2n) is 4.70. The molecule has 1 N–H and O–H groups in total. The highest BCUT2D eigenvalue weighted by Gasteiger charge is 2.13. The fourth-order valence-electron chi connectivity index (χ4n) is 2.22. The van der Waals surface area contributed by atoms with Crippen molar-refractivity contribution >= 4 is 51.0 Å². The Hall–Kier alpha value is -1.95. The molecule has 4 heterocycles. The minimum absolute atomic E-state index is 0.973. The summed E-state index contributed by atoms with van der Waals surface area (Å²) in [6.07, 6.45) is 4.34. The van der Waals surface area contributed by atoms with Crippen LogP contribution in [0.3, 0.4) is 0 Å². The van der Waals surface area contributed by atoms with Crippen molar-refractivity contribution in [3.8, 4) is 0 Å². The van der Waals surface area contributed by atoms with E-state index in [1.807, 2.05) is 0 Å². The van der Waals surface area contributed by atoms with Gasteiger partial charge in [0.25, 0.3) is 0 Å². The highest BCUT2D eigenvalue weighted by molar-refractivity contribution is 7.12. The molecule has 0 aliphatic carbocycles. The summed E-state index contributed by atoms with van der Waals surface area (Å²) in [6.45, 7) is 0. The summed E-state index contributed by atoms with van der Waals surface area (Å²) in [6, 6.07) is 12.6. The van der Waals surface area contributed by atoms with Crippen molar-refractivity contribution in [2.75, 3.05) is 0 Å². The Labute approximate surface area is 140 Å². The smallest absolute Gasteiger partial charge is 0.101 e. The van der Waals surface area contributed by atoms with Crippen molar-refractivity contribution in [1.29, 1.82) is 0 Å². The zero-order valence-electron chi connectivity index (χ0n) is 11.5. The van der Waals surface area contributed by atoms with Crippen LogP contribution in [-0.4, -0.2) is 5.71 Å².